The van der Waals surface area contributed by atoms with Gasteiger partial charge in [0.1, 0.15) is 6.61 Å². The highest BCUT2D eigenvalue weighted by atomic mass is 35.5. The Kier molecular flexibility index (Phi) is 6.70. The van der Waals surface area contributed by atoms with Gasteiger partial charge in [0.15, 0.2) is 11.0 Å². The molecule has 0 aliphatic rings. The standard InChI is InChI=1S/C24H20ClN3O2S/c1-17-11-13-19(14-12-17)28-23(20-9-5-6-10-21(20)25)26-27-24(28)31-16-22(29)30-15-18-7-3-2-4-8-18/h2-14H,15-16H2,1H3. The molecule has 3 aromatic carbocycles. The van der Waals surface area contributed by atoms with E-state index in [0.717, 1.165) is 22.4 Å². The lowest BCUT2D eigenvalue weighted by molar-refractivity contribution is -0.141. The minimum Gasteiger partial charge on any atom is -0.460 e. The van der Waals surface area contributed by atoms with E-state index < -0.39 is 0 Å². The monoisotopic (exact) mass is 449 g/mol. The lowest BCUT2D eigenvalue weighted by atomic mass is 10.2. The van der Waals surface area contributed by atoms with Gasteiger partial charge < -0.3 is 4.74 Å². The minimum absolute atomic E-state index is 0.124. The number of esters is 1. The van der Waals surface area contributed by atoms with Crippen molar-refractivity contribution in [3.63, 3.8) is 0 Å². The first kappa shape index (κ1) is 21.2. The fourth-order valence-electron chi connectivity index (χ4n) is 3.01. The molecule has 0 radical (unpaired) electrons. The van der Waals surface area contributed by atoms with Gasteiger partial charge in [0.25, 0.3) is 0 Å². The maximum Gasteiger partial charge on any atom is 0.316 e. The van der Waals surface area contributed by atoms with Gasteiger partial charge in [0.05, 0.1) is 10.8 Å². The summed E-state index contributed by atoms with van der Waals surface area (Å²) in [4.78, 5) is 12.3. The molecule has 0 spiro atoms. The van der Waals surface area contributed by atoms with Gasteiger partial charge >= 0.3 is 5.97 Å². The molecule has 1 aromatic heterocycles. The van der Waals surface area contributed by atoms with E-state index in [9.17, 15) is 4.79 Å². The molecule has 0 amide bonds. The van der Waals surface area contributed by atoms with Crippen molar-refractivity contribution in [3.05, 3.63) is 95.0 Å². The number of hydrogen-bond acceptors (Lipinski definition) is 5. The molecule has 31 heavy (non-hydrogen) atoms. The second-order valence-electron chi connectivity index (χ2n) is 6.89. The number of aromatic nitrogens is 3. The van der Waals surface area contributed by atoms with Crippen LogP contribution < -0.4 is 0 Å². The molecule has 156 valence electrons. The third kappa shape index (κ3) is 5.16. The number of rotatable bonds is 7. The molecule has 0 unspecified atom stereocenters. The average Bonchev–Trinajstić information content (AvgIpc) is 3.21. The van der Waals surface area contributed by atoms with Crippen molar-refractivity contribution in [2.24, 2.45) is 0 Å². The van der Waals surface area contributed by atoms with Gasteiger partial charge in [-0.25, -0.2) is 0 Å². The molecule has 4 rings (SSSR count). The highest BCUT2D eigenvalue weighted by Gasteiger charge is 2.19. The van der Waals surface area contributed by atoms with E-state index >= 15 is 0 Å². The second kappa shape index (κ2) is 9.81. The molecule has 0 atom stereocenters. The number of ether oxygens (including phenoxy) is 1. The van der Waals surface area contributed by atoms with Crippen LogP contribution in [0.4, 0.5) is 0 Å². The smallest absolute Gasteiger partial charge is 0.316 e. The Morgan fingerprint density at radius 1 is 0.968 bits per heavy atom. The van der Waals surface area contributed by atoms with Crippen molar-refractivity contribution < 1.29 is 9.53 Å². The number of hydrogen-bond donors (Lipinski definition) is 0. The quantitative estimate of drug-likeness (QED) is 0.266. The summed E-state index contributed by atoms with van der Waals surface area (Å²) in [6, 6.07) is 25.1. The van der Waals surface area contributed by atoms with Crippen LogP contribution in [0, 0.1) is 6.92 Å². The lowest BCUT2D eigenvalue weighted by Gasteiger charge is -2.11. The zero-order valence-electron chi connectivity index (χ0n) is 16.9. The molecule has 0 saturated carbocycles. The number of carbonyl (C=O) groups excluding carboxylic acids is 1. The summed E-state index contributed by atoms with van der Waals surface area (Å²) in [7, 11) is 0. The third-order valence-corrected chi connectivity index (χ3v) is 5.83. The summed E-state index contributed by atoms with van der Waals surface area (Å²) in [5, 5.41) is 9.88. The van der Waals surface area contributed by atoms with Gasteiger partial charge in [-0.2, -0.15) is 0 Å². The highest BCUT2D eigenvalue weighted by Crippen LogP contribution is 2.32. The molecular formula is C24H20ClN3O2S. The van der Waals surface area contributed by atoms with Crippen molar-refractivity contribution >= 4 is 29.3 Å². The topological polar surface area (TPSA) is 57.0 Å². The number of carbonyl (C=O) groups is 1. The molecule has 7 heteroatoms. The molecule has 0 bridgehead atoms. The van der Waals surface area contributed by atoms with Crippen LogP contribution in [-0.4, -0.2) is 26.5 Å². The van der Waals surface area contributed by atoms with E-state index in [0.29, 0.717) is 16.0 Å². The third-order valence-electron chi connectivity index (χ3n) is 4.60. The predicted molar refractivity (Wildman–Crippen MR) is 124 cm³/mol. The molecule has 4 aromatic rings. The molecule has 0 aliphatic carbocycles. The van der Waals surface area contributed by atoms with Crippen LogP contribution in [0.5, 0.6) is 0 Å². The lowest BCUT2D eigenvalue weighted by Crippen LogP contribution is -2.08. The SMILES string of the molecule is Cc1ccc(-n2c(SCC(=O)OCc3ccccc3)nnc2-c2ccccc2Cl)cc1. The van der Waals surface area contributed by atoms with Gasteiger partial charge in [-0.1, -0.05) is 83.5 Å². The van der Waals surface area contributed by atoms with Gasteiger partial charge in [-0.05, 0) is 36.8 Å². The maximum absolute atomic E-state index is 12.3. The molecule has 5 nitrogen and oxygen atoms in total. The number of aryl methyl sites for hydroxylation is 1. The van der Waals surface area contributed by atoms with Gasteiger partial charge in [0.2, 0.25) is 0 Å². The van der Waals surface area contributed by atoms with Crippen LogP contribution in [0.1, 0.15) is 11.1 Å². The molecular weight excluding hydrogens is 430 g/mol. The van der Waals surface area contributed by atoms with Crippen LogP contribution in [0.15, 0.2) is 84.0 Å². The first-order valence-corrected chi connectivity index (χ1v) is 11.1. The first-order valence-electron chi connectivity index (χ1n) is 9.71. The zero-order valence-corrected chi connectivity index (χ0v) is 18.4. The van der Waals surface area contributed by atoms with E-state index in [4.69, 9.17) is 16.3 Å². The summed E-state index contributed by atoms with van der Waals surface area (Å²) in [5.74, 6) is 0.431. The summed E-state index contributed by atoms with van der Waals surface area (Å²) in [6.45, 7) is 2.28. The molecule has 1 heterocycles. The summed E-state index contributed by atoms with van der Waals surface area (Å²) >= 11 is 7.70. The Labute approximate surface area is 190 Å². The van der Waals surface area contributed by atoms with Crippen molar-refractivity contribution in [2.75, 3.05) is 5.75 Å². The maximum atomic E-state index is 12.3. The van der Waals surface area contributed by atoms with Gasteiger partial charge in [0, 0.05) is 11.3 Å². The van der Waals surface area contributed by atoms with Gasteiger partial charge in [-0.15, -0.1) is 10.2 Å². The summed E-state index contributed by atoms with van der Waals surface area (Å²) in [6.07, 6.45) is 0. The van der Waals surface area contributed by atoms with Gasteiger partial charge in [-0.3, -0.25) is 9.36 Å². The van der Waals surface area contributed by atoms with E-state index in [1.165, 1.54) is 11.8 Å². The van der Waals surface area contributed by atoms with Crippen molar-refractivity contribution in [2.45, 2.75) is 18.7 Å². The number of thioether (sulfide) groups is 1. The Morgan fingerprint density at radius 3 is 2.42 bits per heavy atom. The van der Waals surface area contributed by atoms with Crippen molar-refractivity contribution in [3.8, 4) is 17.1 Å². The first-order chi connectivity index (χ1) is 15.1. The average molecular weight is 450 g/mol. The molecule has 0 aliphatic heterocycles. The number of benzene rings is 3. The van der Waals surface area contributed by atoms with Crippen LogP contribution in [0.25, 0.3) is 17.1 Å². The molecule has 0 saturated heterocycles. The Balaban J connectivity index is 1.56. The summed E-state index contributed by atoms with van der Waals surface area (Å²) in [5.41, 5.74) is 3.76. The minimum atomic E-state index is -0.313. The molecule has 0 fully saturated rings. The number of nitrogens with zero attached hydrogens (tertiary/aromatic N) is 3. The van der Waals surface area contributed by atoms with E-state index in [-0.39, 0.29) is 18.3 Å². The Hall–Kier alpha value is -3.09. The second-order valence-corrected chi connectivity index (χ2v) is 8.24. The van der Waals surface area contributed by atoms with Crippen LogP contribution in [0.3, 0.4) is 0 Å². The predicted octanol–water partition coefficient (Wildman–Crippen LogP) is 5.73. The van der Waals surface area contributed by atoms with E-state index in [1.54, 1.807) is 0 Å². The van der Waals surface area contributed by atoms with E-state index in [2.05, 4.69) is 10.2 Å². The Morgan fingerprint density at radius 2 is 1.68 bits per heavy atom. The largest absolute Gasteiger partial charge is 0.460 e. The van der Waals surface area contributed by atoms with E-state index in [1.807, 2.05) is 90.4 Å². The van der Waals surface area contributed by atoms with Crippen LogP contribution >= 0.6 is 23.4 Å². The highest BCUT2D eigenvalue weighted by molar-refractivity contribution is 7.99. The summed E-state index contributed by atoms with van der Waals surface area (Å²) < 4.78 is 7.30. The fraction of sp³-hybridized carbons (Fsp3) is 0.125. The van der Waals surface area contributed by atoms with Crippen LogP contribution in [-0.2, 0) is 16.1 Å². The fourth-order valence-corrected chi connectivity index (χ4v) is 3.98. The molecule has 0 N–H and O–H groups in total. The van der Waals surface area contributed by atoms with Crippen LogP contribution in [0.2, 0.25) is 5.02 Å². The van der Waals surface area contributed by atoms with Crippen molar-refractivity contribution in [1.29, 1.82) is 0 Å². The number of halogens is 1. The normalized spacial score (nSPS) is 10.8. The zero-order chi connectivity index (χ0) is 21.6. The Bertz CT molecular complexity index is 1180. The van der Waals surface area contributed by atoms with Crippen molar-refractivity contribution in [1.82, 2.24) is 14.8 Å².